The van der Waals surface area contributed by atoms with Crippen LogP contribution in [-0.4, -0.2) is 29.4 Å². The molecule has 1 rings (SSSR count). The summed E-state index contributed by atoms with van der Waals surface area (Å²) in [6, 6.07) is 0. The van der Waals surface area contributed by atoms with Crippen LogP contribution in [0, 0.1) is 5.92 Å². The Labute approximate surface area is 96.4 Å². The molecule has 1 aliphatic rings. The number of nitrogens with one attached hydrogen (secondary N) is 1. The molecule has 1 aliphatic carbocycles. The number of ketones is 1. The van der Waals surface area contributed by atoms with Crippen LogP contribution >= 0.6 is 0 Å². The van der Waals surface area contributed by atoms with Gasteiger partial charge >= 0.3 is 0 Å². The van der Waals surface area contributed by atoms with Crippen LogP contribution in [0.25, 0.3) is 0 Å². The minimum Gasteiger partial charge on any atom is -0.393 e. The van der Waals surface area contributed by atoms with Gasteiger partial charge in [0.15, 0.2) is 0 Å². The van der Waals surface area contributed by atoms with E-state index >= 15 is 0 Å². The summed E-state index contributed by atoms with van der Waals surface area (Å²) in [5, 5.41) is 12.3. The molecule has 0 aromatic carbocycles. The number of aliphatic hydroxyl groups is 1. The van der Waals surface area contributed by atoms with Crippen molar-refractivity contribution in [3.05, 3.63) is 0 Å². The average molecular weight is 227 g/mol. The highest BCUT2D eigenvalue weighted by Crippen LogP contribution is 2.23. The lowest BCUT2D eigenvalue weighted by atomic mass is 9.87. The van der Waals surface area contributed by atoms with Gasteiger partial charge in [-0.2, -0.15) is 0 Å². The summed E-state index contributed by atoms with van der Waals surface area (Å²) in [7, 11) is 0. The second-order valence-electron chi connectivity index (χ2n) is 4.69. The molecule has 0 saturated heterocycles. The van der Waals surface area contributed by atoms with Gasteiger partial charge in [-0.05, 0) is 32.1 Å². The van der Waals surface area contributed by atoms with Crippen LogP contribution in [0.15, 0.2) is 0 Å². The van der Waals surface area contributed by atoms with Crippen molar-refractivity contribution in [2.45, 2.75) is 51.6 Å². The molecular weight excluding hydrogens is 206 g/mol. The molecule has 0 aromatic rings. The highest BCUT2D eigenvalue weighted by atomic mass is 16.3. The summed E-state index contributed by atoms with van der Waals surface area (Å²) in [6.07, 6.45) is 4.18. The third kappa shape index (κ3) is 5.26. The number of carbonyl (C=O) groups is 2. The van der Waals surface area contributed by atoms with E-state index in [1.165, 1.54) is 6.92 Å². The van der Waals surface area contributed by atoms with Crippen LogP contribution in [0.2, 0.25) is 0 Å². The maximum atomic E-state index is 11.3. The van der Waals surface area contributed by atoms with Gasteiger partial charge in [0.1, 0.15) is 5.78 Å². The van der Waals surface area contributed by atoms with Gasteiger partial charge in [-0.25, -0.2) is 0 Å². The van der Waals surface area contributed by atoms with Gasteiger partial charge in [0, 0.05) is 19.4 Å². The Morgan fingerprint density at radius 2 is 2.06 bits per heavy atom. The van der Waals surface area contributed by atoms with Gasteiger partial charge < -0.3 is 15.2 Å². The third-order valence-corrected chi connectivity index (χ3v) is 3.05. The summed E-state index contributed by atoms with van der Waals surface area (Å²) in [6.45, 7) is 2.12. The van der Waals surface area contributed by atoms with Crippen LogP contribution in [0.1, 0.15) is 45.4 Å². The number of aliphatic hydroxyl groups excluding tert-OH is 1. The van der Waals surface area contributed by atoms with E-state index in [4.69, 9.17) is 0 Å². The van der Waals surface area contributed by atoms with Crippen molar-refractivity contribution in [1.29, 1.82) is 0 Å². The maximum absolute atomic E-state index is 11.3. The standard InChI is InChI=1S/C12H21NO3/c1-9(14)5-6-12(16)13-8-10-3-2-4-11(15)7-10/h10-11,15H,2-8H2,1H3,(H,13,16). The molecular formula is C12H21NO3. The minimum atomic E-state index is -0.201. The highest BCUT2D eigenvalue weighted by molar-refractivity contribution is 5.83. The molecule has 0 spiro atoms. The van der Waals surface area contributed by atoms with Crippen LogP contribution in [0.5, 0.6) is 0 Å². The molecule has 0 aromatic heterocycles. The lowest BCUT2D eigenvalue weighted by molar-refractivity contribution is -0.124. The first-order valence-corrected chi connectivity index (χ1v) is 6.02. The molecule has 1 amide bonds. The zero-order valence-electron chi connectivity index (χ0n) is 9.87. The summed E-state index contributed by atoms with van der Waals surface area (Å²) < 4.78 is 0. The van der Waals surface area contributed by atoms with Crippen LogP contribution in [0.4, 0.5) is 0 Å². The fraction of sp³-hybridized carbons (Fsp3) is 0.833. The zero-order valence-corrected chi connectivity index (χ0v) is 9.87. The normalized spacial score (nSPS) is 25.1. The minimum absolute atomic E-state index is 0.0447. The molecule has 1 saturated carbocycles. The quantitative estimate of drug-likeness (QED) is 0.737. The van der Waals surface area contributed by atoms with Gasteiger partial charge in [-0.15, -0.1) is 0 Å². The van der Waals surface area contributed by atoms with E-state index in [0.717, 1.165) is 25.7 Å². The summed E-state index contributed by atoms with van der Waals surface area (Å²) in [4.78, 5) is 22.0. The Kier molecular flexibility index (Phi) is 5.46. The third-order valence-electron chi connectivity index (χ3n) is 3.05. The molecule has 0 heterocycles. The summed E-state index contributed by atoms with van der Waals surface area (Å²) in [5.74, 6) is 0.378. The van der Waals surface area contributed by atoms with Crippen LogP contribution in [0.3, 0.4) is 0 Å². The Morgan fingerprint density at radius 3 is 2.69 bits per heavy atom. The van der Waals surface area contributed by atoms with Gasteiger partial charge in [0.2, 0.25) is 5.91 Å². The fourth-order valence-electron chi connectivity index (χ4n) is 2.08. The Balaban J connectivity index is 2.13. The van der Waals surface area contributed by atoms with Crippen molar-refractivity contribution >= 4 is 11.7 Å². The summed E-state index contributed by atoms with van der Waals surface area (Å²) >= 11 is 0. The van der Waals surface area contributed by atoms with Gasteiger partial charge in [-0.1, -0.05) is 6.42 Å². The molecule has 92 valence electrons. The molecule has 1 fully saturated rings. The number of hydrogen-bond acceptors (Lipinski definition) is 3. The molecule has 16 heavy (non-hydrogen) atoms. The Morgan fingerprint density at radius 1 is 1.31 bits per heavy atom. The van der Waals surface area contributed by atoms with Gasteiger partial charge in [0.25, 0.3) is 0 Å². The first kappa shape index (κ1) is 13.2. The molecule has 2 unspecified atom stereocenters. The molecule has 0 bridgehead atoms. The van der Waals surface area contributed by atoms with Crippen molar-refractivity contribution in [2.24, 2.45) is 5.92 Å². The van der Waals surface area contributed by atoms with Crippen molar-refractivity contribution in [1.82, 2.24) is 5.32 Å². The number of carbonyl (C=O) groups excluding carboxylic acids is 2. The highest BCUT2D eigenvalue weighted by Gasteiger charge is 2.20. The van der Waals surface area contributed by atoms with Crippen molar-refractivity contribution in [3.8, 4) is 0 Å². The molecule has 0 radical (unpaired) electrons. The zero-order chi connectivity index (χ0) is 12.0. The van der Waals surface area contributed by atoms with Crippen LogP contribution in [-0.2, 0) is 9.59 Å². The number of Topliss-reactive ketones (excluding diaryl/α,β-unsaturated/α-hetero) is 1. The molecule has 0 aliphatic heterocycles. The summed E-state index contributed by atoms with van der Waals surface area (Å²) in [5.41, 5.74) is 0. The van der Waals surface area contributed by atoms with Crippen molar-refractivity contribution in [3.63, 3.8) is 0 Å². The first-order chi connectivity index (χ1) is 7.58. The van der Waals surface area contributed by atoms with E-state index in [9.17, 15) is 14.7 Å². The van der Waals surface area contributed by atoms with E-state index in [1.54, 1.807) is 0 Å². The van der Waals surface area contributed by atoms with Gasteiger partial charge in [-0.3, -0.25) is 4.79 Å². The second-order valence-corrected chi connectivity index (χ2v) is 4.69. The topological polar surface area (TPSA) is 66.4 Å². The lowest BCUT2D eigenvalue weighted by Crippen LogP contribution is -2.33. The first-order valence-electron chi connectivity index (χ1n) is 6.02. The van der Waals surface area contributed by atoms with E-state index in [2.05, 4.69) is 5.32 Å². The predicted octanol–water partition coefficient (Wildman–Crippen LogP) is 1.02. The van der Waals surface area contributed by atoms with E-state index in [0.29, 0.717) is 18.9 Å². The SMILES string of the molecule is CC(=O)CCC(=O)NCC1CCCC(O)C1. The number of rotatable bonds is 5. The van der Waals surface area contributed by atoms with E-state index in [1.807, 2.05) is 0 Å². The Bertz CT molecular complexity index is 253. The van der Waals surface area contributed by atoms with Crippen LogP contribution < -0.4 is 5.32 Å². The maximum Gasteiger partial charge on any atom is 0.220 e. The molecule has 4 nitrogen and oxygen atoms in total. The van der Waals surface area contributed by atoms with E-state index in [-0.39, 0.29) is 24.2 Å². The molecule has 2 atom stereocenters. The molecule has 4 heteroatoms. The van der Waals surface area contributed by atoms with E-state index < -0.39 is 0 Å². The number of hydrogen-bond donors (Lipinski definition) is 2. The smallest absolute Gasteiger partial charge is 0.220 e. The number of amides is 1. The monoisotopic (exact) mass is 227 g/mol. The largest absolute Gasteiger partial charge is 0.393 e. The fourth-order valence-corrected chi connectivity index (χ4v) is 2.08. The predicted molar refractivity (Wildman–Crippen MR) is 60.9 cm³/mol. The second kappa shape index (κ2) is 6.63. The van der Waals surface area contributed by atoms with Gasteiger partial charge in [0.05, 0.1) is 6.10 Å². The van der Waals surface area contributed by atoms with Crippen molar-refractivity contribution < 1.29 is 14.7 Å². The van der Waals surface area contributed by atoms with Crippen molar-refractivity contribution in [2.75, 3.05) is 6.54 Å². The Hall–Kier alpha value is -0.900. The average Bonchev–Trinajstić information content (AvgIpc) is 2.23. The lowest BCUT2D eigenvalue weighted by Gasteiger charge is -2.25. The molecule has 2 N–H and O–H groups in total.